The van der Waals surface area contributed by atoms with E-state index in [1.54, 1.807) is 31.3 Å². The standard InChI is InChI=1S/C15H18ClN5O.C15H21NO4/c1-9-5-2-3-6-10(9)7-4-8-19-15(22)11-13(17)21-14(18)12(16)20-11;1-11(17)19-13-8-6-12(7-9-13)10-16(5)14(18)20-15(2,3)4/h2-3,5-6H,4,7-8H2,1H3,(H,19,22)(H4,17,18,21);6-9H,10H2,1-5H3. The number of carbonyl (C=O) groups excluding carboxylic acids is 3. The number of hydrogen-bond donors (Lipinski definition) is 3. The zero-order valence-electron chi connectivity index (χ0n) is 24.9. The van der Waals surface area contributed by atoms with E-state index in [1.165, 1.54) is 23.0 Å². The monoisotopic (exact) mass is 598 g/mol. The van der Waals surface area contributed by atoms with Crippen LogP contribution in [0.1, 0.15) is 61.3 Å². The largest absolute Gasteiger partial charge is 0.444 e. The molecule has 1 aromatic heterocycles. The number of ether oxygens (including phenoxy) is 2. The number of nitrogens with two attached hydrogens (primary N) is 2. The van der Waals surface area contributed by atoms with Crippen LogP contribution in [0.4, 0.5) is 16.4 Å². The Morgan fingerprint density at radius 3 is 2.24 bits per heavy atom. The fourth-order valence-electron chi connectivity index (χ4n) is 3.57. The van der Waals surface area contributed by atoms with Gasteiger partial charge in [0.25, 0.3) is 5.91 Å². The number of amides is 2. The van der Waals surface area contributed by atoms with Gasteiger partial charge in [0.1, 0.15) is 11.4 Å². The number of aryl methyl sites for hydroxylation is 2. The third-order valence-electron chi connectivity index (χ3n) is 5.60. The molecule has 0 aliphatic rings. The van der Waals surface area contributed by atoms with Gasteiger partial charge in [-0.25, -0.2) is 14.8 Å². The lowest BCUT2D eigenvalue weighted by Gasteiger charge is -2.24. The van der Waals surface area contributed by atoms with E-state index in [9.17, 15) is 14.4 Å². The van der Waals surface area contributed by atoms with Gasteiger partial charge in [0, 0.05) is 27.1 Å². The predicted molar refractivity (Wildman–Crippen MR) is 163 cm³/mol. The fourth-order valence-corrected chi connectivity index (χ4v) is 3.70. The maximum absolute atomic E-state index is 12.0. The molecule has 12 heteroatoms. The summed E-state index contributed by atoms with van der Waals surface area (Å²) in [5.41, 5.74) is 14.0. The Bertz CT molecular complexity index is 1380. The number of benzene rings is 2. The van der Waals surface area contributed by atoms with E-state index >= 15 is 0 Å². The highest BCUT2D eigenvalue weighted by Gasteiger charge is 2.19. The van der Waals surface area contributed by atoms with Crippen LogP contribution in [0.15, 0.2) is 48.5 Å². The van der Waals surface area contributed by atoms with Gasteiger partial charge >= 0.3 is 12.1 Å². The average molecular weight is 599 g/mol. The summed E-state index contributed by atoms with van der Waals surface area (Å²) in [6.45, 7) is 9.84. The van der Waals surface area contributed by atoms with Crippen molar-refractivity contribution in [3.63, 3.8) is 0 Å². The second-order valence-corrected chi connectivity index (χ2v) is 10.9. The van der Waals surface area contributed by atoms with Gasteiger partial charge in [-0.1, -0.05) is 48.0 Å². The van der Waals surface area contributed by atoms with Crippen LogP contribution in [0, 0.1) is 6.92 Å². The van der Waals surface area contributed by atoms with Crippen LogP contribution in [-0.2, 0) is 22.5 Å². The number of hydrogen-bond acceptors (Lipinski definition) is 9. The number of nitrogen functional groups attached to an aromatic ring is 2. The van der Waals surface area contributed by atoms with E-state index in [0.29, 0.717) is 18.8 Å². The molecule has 0 bridgehead atoms. The summed E-state index contributed by atoms with van der Waals surface area (Å²) >= 11 is 5.75. The van der Waals surface area contributed by atoms with E-state index in [-0.39, 0.29) is 34.5 Å². The maximum atomic E-state index is 12.0. The molecule has 0 saturated heterocycles. The Balaban J connectivity index is 0.000000295. The van der Waals surface area contributed by atoms with Crippen molar-refractivity contribution >= 4 is 41.2 Å². The van der Waals surface area contributed by atoms with E-state index in [2.05, 4.69) is 34.3 Å². The minimum Gasteiger partial charge on any atom is -0.444 e. The highest BCUT2D eigenvalue weighted by Crippen LogP contribution is 2.18. The number of nitrogens with zero attached hydrogens (tertiary/aromatic N) is 3. The average Bonchev–Trinajstić information content (AvgIpc) is 2.89. The molecule has 3 rings (SSSR count). The van der Waals surface area contributed by atoms with Crippen LogP contribution in [0.5, 0.6) is 5.75 Å². The van der Waals surface area contributed by atoms with Crippen molar-refractivity contribution in [2.24, 2.45) is 0 Å². The number of carbonyl (C=O) groups is 3. The molecule has 1 heterocycles. The Kier molecular flexibility index (Phi) is 12.5. The Labute approximate surface area is 251 Å². The first kappa shape index (κ1) is 33.8. The van der Waals surface area contributed by atoms with Crippen LogP contribution >= 0.6 is 11.6 Å². The summed E-state index contributed by atoms with van der Waals surface area (Å²) in [6.07, 6.45) is 1.32. The number of halogens is 1. The molecule has 5 N–H and O–H groups in total. The summed E-state index contributed by atoms with van der Waals surface area (Å²) in [5, 5.41) is 2.73. The summed E-state index contributed by atoms with van der Waals surface area (Å²) in [6, 6.07) is 15.2. The van der Waals surface area contributed by atoms with Gasteiger partial charge in [-0.15, -0.1) is 0 Å². The van der Waals surface area contributed by atoms with Gasteiger partial charge in [-0.2, -0.15) is 0 Å². The van der Waals surface area contributed by atoms with E-state index in [0.717, 1.165) is 18.4 Å². The van der Waals surface area contributed by atoms with Crippen molar-refractivity contribution in [2.75, 3.05) is 25.1 Å². The minimum atomic E-state index is -0.509. The number of esters is 1. The molecule has 0 aliphatic carbocycles. The third-order valence-corrected chi connectivity index (χ3v) is 5.88. The summed E-state index contributed by atoms with van der Waals surface area (Å²) in [4.78, 5) is 43.8. The van der Waals surface area contributed by atoms with Crippen molar-refractivity contribution < 1.29 is 23.9 Å². The molecule has 0 spiro atoms. The molecule has 0 aliphatic heterocycles. The lowest BCUT2D eigenvalue weighted by atomic mass is 10.0. The molecule has 0 unspecified atom stereocenters. The summed E-state index contributed by atoms with van der Waals surface area (Å²) in [7, 11) is 1.67. The lowest BCUT2D eigenvalue weighted by Crippen LogP contribution is -2.33. The second kappa shape index (κ2) is 15.6. The molecule has 2 aromatic carbocycles. The normalized spacial score (nSPS) is 10.6. The van der Waals surface area contributed by atoms with Gasteiger partial charge in [0.2, 0.25) is 0 Å². The molecule has 0 atom stereocenters. The topological polar surface area (TPSA) is 163 Å². The SMILES string of the molecule is CC(=O)Oc1ccc(CN(C)C(=O)OC(C)(C)C)cc1.Cc1ccccc1CCCNC(=O)c1nc(Cl)c(N)nc1N. The maximum Gasteiger partial charge on any atom is 0.410 e. The van der Waals surface area contributed by atoms with Crippen molar-refractivity contribution in [2.45, 2.75) is 59.6 Å². The van der Waals surface area contributed by atoms with E-state index in [4.69, 9.17) is 32.5 Å². The lowest BCUT2D eigenvalue weighted by molar-refractivity contribution is -0.131. The molecule has 0 saturated carbocycles. The van der Waals surface area contributed by atoms with Crippen molar-refractivity contribution in [3.05, 3.63) is 76.1 Å². The highest BCUT2D eigenvalue weighted by molar-refractivity contribution is 6.31. The molecule has 3 aromatic rings. The predicted octanol–water partition coefficient (Wildman–Crippen LogP) is 4.94. The van der Waals surface area contributed by atoms with Crippen LogP contribution in [0.2, 0.25) is 5.15 Å². The fraction of sp³-hybridized carbons (Fsp3) is 0.367. The number of anilines is 2. The molecule has 42 heavy (non-hydrogen) atoms. The Morgan fingerprint density at radius 1 is 1.00 bits per heavy atom. The summed E-state index contributed by atoms with van der Waals surface area (Å²) < 4.78 is 10.2. The quantitative estimate of drug-likeness (QED) is 0.185. The molecular weight excluding hydrogens is 560 g/mol. The molecule has 0 radical (unpaired) electrons. The van der Waals surface area contributed by atoms with Crippen LogP contribution in [0.3, 0.4) is 0 Å². The zero-order chi connectivity index (χ0) is 31.4. The van der Waals surface area contributed by atoms with Crippen molar-refractivity contribution in [1.82, 2.24) is 20.2 Å². The first-order valence-corrected chi connectivity index (χ1v) is 13.7. The van der Waals surface area contributed by atoms with Crippen LogP contribution in [-0.4, -0.2) is 52.0 Å². The first-order valence-electron chi connectivity index (χ1n) is 13.3. The van der Waals surface area contributed by atoms with Gasteiger partial charge in [-0.3, -0.25) is 9.59 Å². The first-order chi connectivity index (χ1) is 19.7. The van der Waals surface area contributed by atoms with Gasteiger partial charge in [-0.05, 0) is 69.4 Å². The molecule has 0 fully saturated rings. The van der Waals surface area contributed by atoms with Crippen molar-refractivity contribution in [1.29, 1.82) is 0 Å². The third kappa shape index (κ3) is 11.6. The number of rotatable bonds is 8. The minimum absolute atomic E-state index is 0.00454. The smallest absolute Gasteiger partial charge is 0.410 e. The molecular formula is C30H39ClN6O5. The Hall–Kier alpha value is -4.38. The van der Waals surface area contributed by atoms with E-state index in [1.807, 2.05) is 32.9 Å². The van der Waals surface area contributed by atoms with Gasteiger partial charge in [0.05, 0.1) is 0 Å². The molecule has 2 amide bonds. The summed E-state index contributed by atoms with van der Waals surface area (Å²) in [5.74, 6) is -0.296. The van der Waals surface area contributed by atoms with Crippen molar-refractivity contribution in [3.8, 4) is 5.75 Å². The van der Waals surface area contributed by atoms with Gasteiger partial charge in [0.15, 0.2) is 22.5 Å². The molecule has 226 valence electrons. The van der Waals surface area contributed by atoms with Crippen LogP contribution < -0.4 is 21.5 Å². The van der Waals surface area contributed by atoms with Gasteiger partial charge < -0.3 is 31.2 Å². The zero-order valence-corrected chi connectivity index (χ0v) is 25.6. The highest BCUT2D eigenvalue weighted by atomic mass is 35.5. The Morgan fingerprint density at radius 2 is 1.64 bits per heavy atom. The van der Waals surface area contributed by atoms with E-state index < -0.39 is 11.5 Å². The van der Waals surface area contributed by atoms with Crippen LogP contribution in [0.25, 0.3) is 0 Å². The second-order valence-electron chi connectivity index (χ2n) is 10.5. The molecule has 11 nitrogen and oxygen atoms in total. The number of nitrogens with one attached hydrogen (secondary N) is 1. The number of aromatic nitrogens is 2.